The molecule has 0 aromatic heterocycles. The van der Waals surface area contributed by atoms with E-state index in [9.17, 15) is 9.59 Å². The van der Waals surface area contributed by atoms with Crippen LogP contribution in [0.5, 0.6) is 0 Å². The number of rotatable bonds is 9. The fraction of sp³-hybridized carbons (Fsp3) is 0.846. The van der Waals surface area contributed by atoms with Gasteiger partial charge in [0.05, 0.1) is 19.1 Å². The van der Waals surface area contributed by atoms with Crippen LogP contribution in [0.4, 0.5) is 0 Å². The molecule has 0 aliphatic heterocycles. The van der Waals surface area contributed by atoms with Crippen molar-refractivity contribution in [3.05, 3.63) is 0 Å². The summed E-state index contributed by atoms with van der Waals surface area (Å²) >= 11 is 0. The lowest BCUT2D eigenvalue weighted by atomic mass is 10.0. The van der Waals surface area contributed by atoms with Crippen LogP contribution in [0.3, 0.4) is 0 Å². The number of amides is 1. The van der Waals surface area contributed by atoms with Crippen LogP contribution in [0.15, 0.2) is 0 Å². The molecule has 0 bridgehead atoms. The van der Waals surface area contributed by atoms with E-state index >= 15 is 0 Å². The van der Waals surface area contributed by atoms with E-state index in [1.54, 1.807) is 7.11 Å². The normalized spacial score (nSPS) is 22.4. The van der Waals surface area contributed by atoms with Gasteiger partial charge in [0, 0.05) is 26.2 Å². The van der Waals surface area contributed by atoms with Crippen LogP contribution in [0, 0.1) is 5.92 Å². The molecule has 0 radical (unpaired) electrons. The van der Waals surface area contributed by atoms with E-state index in [1.165, 1.54) is 0 Å². The fourth-order valence-corrected chi connectivity index (χ4v) is 2.29. The van der Waals surface area contributed by atoms with Crippen molar-refractivity contribution in [1.29, 1.82) is 0 Å². The molecule has 1 saturated carbocycles. The maximum atomic E-state index is 11.7. The summed E-state index contributed by atoms with van der Waals surface area (Å²) in [6, 6.07) is -0.209. The number of ether oxygens (including phenoxy) is 2. The molecule has 1 amide bonds. The second-order valence-corrected chi connectivity index (χ2v) is 4.76. The number of nitrogens with one attached hydrogen (secondary N) is 1. The summed E-state index contributed by atoms with van der Waals surface area (Å²) in [5.41, 5.74) is 0. The Bertz CT molecular complexity index is 295. The molecule has 1 aliphatic rings. The summed E-state index contributed by atoms with van der Waals surface area (Å²) in [7, 11) is 1.61. The SMILES string of the molecule is COCCOCCCC(=O)N[C@H]1CCC[C@H]1C(=O)O. The van der Waals surface area contributed by atoms with Crippen LogP contribution < -0.4 is 5.32 Å². The predicted octanol–water partition coefficient (Wildman–Crippen LogP) is 0.799. The number of carbonyl (C=O) groups is 2. The summed E-state index contributed by atoms with van der Waals surface area (Å²) in [6.07, 6.45) is 3.28. The van der Waals surface area contributed by atoms with Gasteiger partial charge < -0.3 is 19.9 Å². The molecule has 110 valence electrons. The fourth-order valence-electron chi connectivity index (χ4n) is 2.29. The van der Waals surface area contributed by atoms with Gasteiger partial charge in [-0.15, -0.1) is 0 Å². The lowest BCUT2D eigenvalue weighted by Crippen LogP contribution is -2.40. The van der Waals surface area contributed by atoms with E-state index in [1.807, 2.05) is 0 Å². The molecule has 1 rings (SSSR count). The van der Waals surface area contributed by atoms with Gasteiger partial charge in [-0.2, -0.15) is 0 Å². The van der Waals surface area contributed by atoms with Gasteiger partial charge in [-0.25, -0.2) is 0 Å². The zero-order valence-electron chi connectivity index (χ0n) is 11.4. The van der Waals surface area contributed by atoms with E-state index in [0.29, 0.717) is 39.1 Å². The average molecular weight is 273 g/mol. The van der Waals surface area contributed by atoms with E-state index in [4.69, 9.17) is 14.6 Å². The highest BCUT2D eigenvalue weighted by atomic mass is 16.5. The van der Waals surface area contributed by atoms with Crippen LogP contribution in [-0.2, 0) is 19.1 Å². The first kappa shape index (κ1) is 15.9. The molecule has 19 heavy (non-hydrogen) atoms. The molecule has 0 aromatic carbocycles. The van der Waals surface area contributed by atoms with E-state index in [0.717, 1.165) is 12.8 Å². The third kappa shape index (κ3) is 6.02. The molecule has 0 aromatic rings. The summed E-state index contributed by atoms with van der Waals surface area (Å²) in [5.74, 6) is -1.33. The first-order chi connectivity index (χ1) is 9.15. The predicted molar refractivity (Wildman–Crippen MR) is 68.8 cm³/mol. The Labute approximate surface area is 113 Å². The van der Waals surface area contributed by atoms with Crippen LogP contribution in [0.25, 0.3) is 0 Å². The number of methoxy groups -OCH3 is 1. The molecule has 6 nitrogen and oxygen atoms in total. The zero-order valence-corrected chi connectivity index (χ0v) is 11.4. The third-order valence-corrected chi connectivity index (χ3v) is 3.30. The van der Waals surface area contributed by atoms with Gasteiger partial charge in [-0.1, -0.05) is 6.42 Å². The van der Waals surface area contributed by atoms with Crippen molar-refractivity contribution in [2.75, 3.05) is 26.9 Å². The van der Waals surface area contributed by atoms with Gasteiger partial charge in [-0.05, 0) is 19.3 Å². The number of carboxylic acid groups (broad SMARTS) is 1. The van der Waals surface area contributed by atoms with Crippen molar-refractivity contribution >= 4 is 11.9 Å². The number of hydrogen-bond donors (Lipinski definition) is 2. The molecule has 0 unspecified atom stereocenters. The topological polar surface area (TPSA) is 84.9 Å². The molecule has 0 saturated heterocycles. The summed E-state index contributed by atoms with van der Waals surface area (Å²) in [6.45, 7) is 1.60. The third-order valence-electron chi connectivity index (χ3n) is 3.30. The number of carboxylic acids is 1. The van der Waals surface area contributed by atoms with Gasteiger partial charge in [-0.3, -0.25) is 9.59 Å². The molecule has 2 atom stereocenters. The smallest absolute Gasteiger partial charge is 0.308 e. The van der Waals surface area contributed by atoms with Crippen LogP contribution in [0.2, 0.25) is 0 Å². The van der Waals surface area contributed by atoms with Crippen molar-refractivity contribution in [3.63, 3.8) is 0 Å². The highest BCUT2D eigenvalue weighted by Gasteiger charge is 2.33. The van der Waals surface area contributed by atoms with E-state index < -0.39 is 11.9 Å². The van der Waals surface area contributed by atoms with E-state index in [2.05, 4.69) is 5.32 Å². The minimum atomic E-state index is -0.814. The second kappa shape index (κ2) is 8.87. The monoisotopic (exact) mass is 273 g/mol. The summed E-state index contributed by atoms with van der Waals surface area (Å²) < 4.78 is 10.1. The highest BCUT2D eigenvalue weighted by Crippen LogP contribution is 2.25. The van der Waals surface area contributed by atoms with Crippen molar-refractivity contribution in [2.45, 2.75) is 38.1 Å². The number of aliphatic carboxylic acids is 1. The molecule has 0 spiro atoms. The molecule has 1 fully saturated rings. The van der Waals surface area contributed by atoms with Crippen LogP contribution in [-0.4, -0.2) is 50.0 Å². The first-order valence-electron chi connectivity index (χ1n) is 6.74. The molecular formula is C13H23NO5. The minimum absolute atomic E-state index is 0.0894. The summed E-state index contributed by atoms with van der Waals surface area (Å²) in [5, 5.41) is 11.8. The Morgan fingerprint density at radius 3 is 2.74 bits per heavy atom. The van der Waals surface area contributed by atoms with Gasteiger partial charge >= 0.3 is 5.97 Å². The molecule has 1 aliphatic carbocycles. The van der Waals surface area contributed by atoms with Gasteiger partial charge in [0.25, 0.3) is 0 Å². The van der Waals surface area contributed by atoms with Gasteiger partial charge in [0.1, 0.15) is 0 Å². The number of hydrogen-bond acceptors (Lipinski definition) is 4. The first-order valence-corrected chi connectivity index (χ1v) is 6.74. The lowest BCUT2D eigenvalue weighted by Gasteiger charge is -2.17. The average Bonchev–Trinajstić information content (AvgIpc) is 2.81. The minimum Gasteiger partial charge on any atom is -0.481 e. The van der Waals surface area contributed by atoms with E-state index in [-0.39, 0.29) is 11.9 Å². The molecule has 2 N–H and O–H groups in total. The lowest BCUT2D eigenvalue weighted by molar-refractivity contribution is -0.142. The molecular weight excluding hydrogens is 250 g/mol. The van der Waals surface area contributed by atoms with Crippen LogP contribution in [0.1, 0.15) is 32.1 Å². The molecule has 0 heterocycles. The molecule has 6 heteroatoms. The van der Waals surface area contributed by atoms with Gasteiger partial charge in [0.15, 0.2) is 0 Å². The summed E-state index contributed by atoms with van der Waals surface area (Å²) in [4.78, 5) is 22.6. The van der Waals surface area contributed by atoms with Gasteiger partial charge in [0.2, 0.25) is 5.91 Å². The largest absolute Gasteiger partial charge is 0.481 e. The Balaban J connectivity index is 2.12. The Hall–Kier alpha value is -1.14. The van der Waals surface area contributed by atoms with Crippen molar-refractivity contribution in [1.82, 2.24) is 5.32 Å². The van der Waals surface area contributed by atoms with Crippen LogP contribution >= 0.6 is 0 Å². The quantitative estimate of drug-likeness (QED) is 0.607. The van der Waals surface area contributed by atoms with Crippen molar-refractivity contribution in [2.24, 2.45) is 5.92 Å². The second-order valence-electron chi connectivity index (χ2n) is 4.76. The Morgan fingerprint density at radius 2 is 2.05 bits per heavy atom. The maximum absolute atomic E-state index is 11.7. The van der Waals surface area contributed by atoms with Crippen molar-refractivity contribution < 1.29 is 24.2 Å². The highest BCUT2D eigenvalue weighted by molar-refractivity contribution is 5.78. The Kier molecular flexibility index (Phi) is 7.43. The number of carbonyl (C=O) groups excluding carboxylic acids is 1. The standard InChI is InChI=1S/C13H23NO5/c1-18-8-9-19-7-3-6-12(15)14-11-5-2-4-10(11)13(16)17/h10-11H,2-9H2,1H3,(H,14,15)(H,16,17)/t10-,11+/m1/s1. The van der Waals surface area contributed by atoms with Crippen molar-refractivity contribution in [3.8, 4) is 0 Å². The Morgan fingerprint density at radius 1 is 1.26 bits per heavy atom. The zero-order chi connectivity index (χ0) is 14.1. The maximum Gasteiger partial charge on any atom is 0.308 e.